The predicted octanol–water partition coefficient (Wildman–Crippen LogP) is 3.17. The Labute approximate surface area is 124 Å². The van der Waals surface area contributed by atoms with Gasteiger partial charge in [-0.3, -0.25) is 4.90 Å². The van der Waals surface area contributed by atoms with Crippen LogP contribution in [0.1, 0.15) is 24.4 Å². The molecule has 1 aromatic carbocycles. The van der Waals surface area contributed by atoms with E-state index >= 15 is 0 Å². The van der Waals surface area contributed by atoms with Gasteiger partial charge in [0, 0.05) is 37.1 Å². The summed E-state index contributed by atoms with van der Waals surface area (Å²) >= 11 is 1.80. The molecule has 1 unspecified atom stereocenters. The molecule has 1 atom stereocenters. The van der Waals surface area contributed by atoms with Crippen LogP contribution in [-0.4, -0.2) is 36.1 Å². The first-order valence-electron chi connectivity index (χ1n) is 7.34. The van der Waals surface area contributed by atoms with Crippen molar-refractivity contribution in [2.75, 3.05) is 26.2 Å². The summed E-state index contributed by atoms with van der Waals surface area (Å²) in [7, 11) is 0. The summed E-state index contributed by atoms with van der Waals surface area (Å²) in [5.41, 5.74) is 2.32. The summed E-state index contributed by atoms with van der Waals surface area (Å²) in [5.74, 6) is 0. The minimum atomic E-state index is 0.472. The predicted molar refractivity (Wildman–Crippen MR) is 85.0 cm³/mol. The lowest BCUT2D eigenvalue weighted by Crippen LogP contribution is -2.45. The van der Waals surface area contributed by atoms with Gasteiger partial charge in [0.25, 0.3) is 0 Å². The van der Waals surface area contributed by atoms with Crippen molar-refractivity contribution in [3.8, 4) is 11.3 Å². The molecule has 0 bridgehead atoms. The summed E-state index contributed by atoms with van der Waals surface area (Å²) in [4.78, 5) is 7.44. The normalized spacial score (nSPS) is 18.1. The number of piperazine rings is 1. The first-order chi connectivity index (χ1) is 9.88. The average molecular weight is 287 g/mol. The van der Waals surface area contributed by atoms with E-state index in [1.807, 2.05) is 6.07 Å². The number of thiazole rings is 1. The standard InChI is InChI=1S/C16H21N3S/c1-2-15(19-10-8-17-9-11-19)16-18-14(12-20-16)13-6-4-3-5-7-13/h3-7,12,15,17H,2,8-11H2,1H3. The second-order valence-corrected chi connectivity index (χ2v) is 6.04. The van der Waals surface area contributed by atoms with E-state index in [4.69, 9.17) is 4.98 Å². The summed E-state index contributed by atoms with van der Waals surface area (Å²) in [6.45, 7) is 6.69. The van der Waals surface area contributed by atoms with Gasteiger partial charge < -0.3 is 5.32 Å². The molecule has 4 heteroatoms. The molecule has 1 saturated heterocycles. The van der Waals surface area contributed by atoms with Crippen molar-refractivity contribution in [1.29, 1.82) is 0 Å². The Hall–Kier alpha value is -1.23. The maximum Gasteiger partial charge on any atom is 0.110 e. The zero-order chi connectivity index (χ0) is 13.8. The molecule has 0 radical (unpaired) electrons. The Morgan fingerprint density at radius 1 is 1.25 bits per heavy atom. The number of hydrogen-bond acceptors (Lipinski definition) is 4. The van der Waals surface area contributed by atoms with Crippen molar-refractivity contribution in [2.24, 2.45) is 0 Å². The molecular formula is C16H21N3S. The van der Waals surface area contributed by atoms with Gasteiger partial charge in [-0.2, -0.15) is 0 Å². The van der Waals surface area contributed by atoms with Gasteiger partial charge in [-0.15, -0.1) is 11.3 Å². The number of nitrogens with zero attached hydrogens (tertiary/aromatic N) is 2. The van der Waals surface area contributed by atoms with Gasteiger partial charge in [0.15, 0.2) is 0 Å². The molecule has 1 aliphatic rings. The summed E-state index contributed by atoms with van der Waals surface area (Å²) < 4.78 is 0. The van der Waals surface area contributed by atoms with Gasteiger partial charge in [0.1, 0.15) is 5.01 Å². The van der Waals surface area contributed by atoms with E-state index in [1.165, 1.54) is 10.6 Å². The van der Waals surface area contributed by atoms with Crippen molar-refractivity contribution in [2.45, 2.75) is 19.4 Å². The highest BCUT2D eigenvalue weighted by Crippen LogP contribution is 2.30. The second kappa shape index (κ2) is 6.48. The van der Waals surface area contributed by atoms with Crippen LogP contribution in [0, 0.1) is 0 Å². The molecule has 106 valence electrons. The molecule has 0 saturated carbocycles. The highest BCUT2D eigenvalue weighted by Gasteiger charge is 2.23. The van der Waals surface area contributed by atoms with Crippen LogP contribution in [0.5, 0.6) is 0 Å². The maximum absolute atomic E-state index is 4.88. The van der Waals surface area contributed by atoms with E-state index in [9.17, 15) is 0 Å². The van der Waals surface area contributed by atoms with Crippen LogP contribution >= 0.6 is 11.3 Å². The number of aromatic nitrogens is 1. The van der Waals surface area contributed by atoms with Crippen molar-refractivity contribution in [3.63, 3.8) is 0 Å². The fraction of sp³-hybridized carbons (Fsp3) is 0.438. The molecule has 2 heterocycles. The van der Waals surface area contributed by atoms with E-state index in [0.29, 0.717) is 6.04 Å². The SMILES string of the molecule is CCC(c1nc(-c2ccccc2)cs1)N1CCNCC1. The Balaban J connectivity index is 1.80. The summed E-state index contributed by atoms with van der Waals surface area (Å²) in [5, 5.41) is 6.87. The minimum Gasteiger partial charge on any atom is -0.314 e. The van der Waals surface area contributed by atoms with E-state index in [-0.39, 0.29) is 0 Å². The van der Waals surface area contributed by atoms with Gasteiger partial charge in [-0.25, -0.2) is 4.98 Å². The Bertz CT molecular complexity index is 532. The molecule has 20 heavy (non-hydrogen) atoms. The third-order valence-electron chi connectivity index (χ3n) is 3.86. The van der Waals surface area contributed by atoms with Gasteiger partial charge in [-0.05, 0) is 6.42 Å². The largest absolute Gasteiger partial charge is 0.314 e. The van der Waals surface area contributed by atoms with Crippen LogP contribution in [0.25, 0.3) is 11.3 Å². The van der Waals surface area contributed by atoms with Crippen molar-refractivity contribution in [3.05, 3.63) is 40.7 Å². The van der Waals surface area contributed by atoms with Crippen LogP contribution in [0.3, 0.4) is 0 Å². The van der Waals surface area contributed by atoms with E-state index < -0.39 is 0 Å². The fourth-order valence-electron chi connectivity index (χ4n) is 2.76. The lowest BCUT2D eigenvalue weighted by Gasteiger charge is -2.33. The molecule has 0 spiro atoms. The quantitative estimate of drug-likeness (QED) is 0.936. The molecule has 1 aliphatic heterocycles. The minimum absolute atomic E-state index is 0.472. The van der Waals surface area contributed by atoms with Gasteiger partial charge in [-0.1, -0.05) is 37.3 Å². The molecule has 1 aromatic heterocycles. The Kier molecular flexibility index (Phi) is 4.45. The topological polar surface area (TPSA) is 28.2 Å². The smallest absolute Gasteiger partial charge is 0.110 e. The first kappa shape index (κ1) is 13.7. The highest BCUT2D eigenvalue weighted by atomic mass is 32.1. The van der Waals surface area contributed by atoms with Crippen LogP contribution in [0.15, 0.2) is 35.7 Å². The van der Waals surface area contributed by atoms with Crippen molar-refractivity contribution in [1.82, 2.24) is 15.2 Å². The highest BCUT2D eigenvalue weighted by molar-refractivity contribution is 7.10. The molecule has 3 rings (SSSR count). The molecule has 1 N–H and O–H groups in total. The lowest BCUT2D eigenvalue weighted by atomic mass is 10.1. The molecular weight excluding hydrogens is 266 g/mol. The van der Waals surface area contributed by atoms with Gasteiger partial charge >= 0.3 is 0 Å². The maximum atomic E-state index is 4.88. The zero-order valence-electron chi connectivity index (χ0n) is 11.9. The Morgan fingerprint density at radius 3 is 2.70 bits per heavy atom. The molecule has 0 aliphatic carbocycles. The molecule has 0 amide bonds. The molecule has 3 nitrogen and oxygen atoms in total. The zero-order valence-corrected chi connectivity index (χ0v) is 12.7. The van der Waals surface area contributed by atoms with Crippen molar-refractivity contribution >= 4 is 11.3 Å². The van der Waals surface area contributed by atoms with E-state index in [0.717, 1.165) is 38.3 Å². The number of nitrogens with one attached hydrogen (secondary N) is 1. The summed E-state index contributed by atoms with van der Waals surface area (Å²) in [6.07, 6.45) is 1.13. The number of hydrogen-bond donors (Lipinski definition) is 1. The second-order valence-electron chi connectivity index (χ2n) is 5.15. The first-order valence-corrected chi connectivity index (χ1v) is 8.22. The van der Waals surface area contributed by atoms with Crippen molar-refractivity contribution < 1.29 is 0 Å². The monoisotopic (exact) mass is 287 g/mol. The number of rotatable bonds is 4. The third-order valence-corrected chi connectivity index (χ3v) is 4.80. The molecule has 1 fully saturated rings. The fourth-order valence-corrected chi connectivity index (χ4v) is 3.81. The lowest BCUT2D eigenvalue weighted by molar-refractivity contribution is 0.169. The van der Waals surface area contributed by atoms with Gasteiger partial charge in [0.05, 0.1) is 11.7 Å². The van der Waals surface area contributed by atoms with Crippen LogP contribution in [0.4, 0.5) is 0 Å². The third kappa shape index (κ3) is 2.92. The van der Waals surface area contributed by atoms with Crippen LogP contribution in [-0.2, 0) is 0 Å². The molecule has 2 aromatic rings. The van der Waals surface area contributed by atoms with E-state index in [1.54, 1.807) is 11.3 Å². The average Bonchev–Trinajstić information content (AvgIpc) is 3.00. The number of benzene rings is 1. The van der Waals surface area contributed by atoms with Crippen LogP contribution in [0.2, 0.25) is 0 Å². The summed E-state index contributed by atoms with van der Waals surface area (Å²) in [6, 6.07) is 10.9. The van der Waals surface area contributed by atoms with Crippen LogP contribution < -0.4 is 5.32 Å². The van der Waals surface area contributed by atoms with Gasteiger partial charge in [0.2, 0.25) is 0 Å². The Morgan fingerprint density at radius 2 is 2.00 bits per heavy atom. The van der Waals surface area contributed by atoms with E-state index in [2.05, 4.69) is 46.8 Å².